The van der Waals surface area contributed by atoms with Crippen LogP contribution in [0.1, 0.15) is 38.5 Å². The number of nitrogens with zero attached hydrogens (tertiary/aromatic N) is 1. The summed E-state index contributed by atoms with van der Waals surface area (Å²) < 4.78 is 5.08. The van der Waals surface area contributed by atoms with Crippen LogP contribution >= 0.6 is 15.9 Å². The zero-order chi connectivity index (χ0) is 10.9. The van der Waals surface area contributed by atoms with E-state index in [1.807, 2.05) is 0 Å². The van der Waals surface area contributed by atoms with Crippen molar-refractivity contribution < 1.29 is 4.74 Å². The van der Waals surface area contributed by atoms with E-state index >= 15 is 0 Å². The monoisotopic (exact) mass is 277 g/mol. The van der Waals surface area contributed by atoms with Crippen LogP contribution in [0.5, 0.6) is 0 Å². The third-order valence-electron chi connectivity index (χ3n) is 3.21. The molecular formula is C12H24BrNO. The highest BCUT2D eigenvalue weighted by Crippen LogP contribution is 2.25. The molecule has 0 spiro atoms. The minimum absolute atomic E-state index is 0.895. The van der Waals surface area contributed by atoms with E-state index in [0.717, 1.165) is 18.0 Å². The number of methoxy groups -OCH3 is 1. The van der Waals surface area contributed by atoms with Gasteiger partial charge in [0.1, 0.15) is 0 Å². The van der Waals surface area contributed by atoms with Gasteiger partial charge in [-0.15, -0.1) is 0 Å². The van der Waals surface area contributed by atoms with Crippen LogP contribution in [0.25, 0.3) is 0 Å². The van der Waals surface area contributed by atoms with Crippen molar-refractivity contribution in [1.29, 1.82) is 0 Å². The van der Waals surface area contributed by atoms with Gasteiger partial charge in [-0.3, -0.25) is 0 Å². The predicted molar refractivity (Wildman–Crippen MR) is 68.7 cm³/mol. The first-order valence-corrected chi connectivity index (χ1v) is 7.29. The van der Waals surface area contributed by atoms with Gasteiger partial charge in [0.05, 0.1) is 0 Å². The lowest BCUT2D eigenvalue weighted by Gasteiger charge is -2.37. The first kappa shape index (κ1) is 13.5. The highest BCUT2D eigenvalue weighted by molar-refractivity contribution is 9.09. The zero-order valence-electron chi connectivity index (χ0n) is 9.88. The summed E-state index contributed by atoms with van der Waals surface area (Å²) in [6, 6.07) is 0.895. The molecule has 15 heavy (non-hydrogen) atoms. The molecule has 0 radical (unpaired) electrons. The zero-order valence-corrected chi connectivity index (χ0v) is 11.5. The van der Waals surface area contributed by atoms with Gasteiger partial charge < -0.3 is 9.64 Å². The summed E-state index contributed by atoms with van der Waals surface area (Å²) in [6.45, 7) is 3.45. The van der Waals surface area contributed by atoms with Gasteiger partial charge in [0.15, 0.2) is 0 Å². The van der Waals surface area contributed by atoms with Gasteiger partial charge >= 0.3 is 0 Å². The van der Waals surface area contributed by atoms with Crippen molar-refractivity contribution in [2.75, 3.05) is 32.1 Å². The Labute approximate surface area is 102 Å². The smallest absolute Gasteiger partial charge is 0.0462 e. The molecule has 0 unspecified atom stereocenters. The molecule has 0 N–H and O–H groups in total. The quantitative estimate of drug-likeness (QED) is 0.475. The largest absolute Gasteiger partial charge is 0.385 e. The minimum Gasteiger partial charge on any atom is -0.385 e. The molecule has 3 heteroatoms. The maximum Gasteiger partial charge on any atom is 0.0462 e. The average molecular weight is 278 g/mol. The lowest BCUT2D eigenvalue weighted by molar-refractivity contribution is 0.119. The molecule has 0 aromatic rings. The Morgan fingerprint density at radius 2 is 1.93 bits per heavy atom. The van der Waals surface area contributed by atoms with Crippen LogP contribution in [0.2, 0.25) is 0 Å². The van der Waals surface area contributed by atoms with Crippen molar-refractivity contribution in [1.82, 2.24) is 4.90 Å². The number of hydrogen-bond acceptors (Lipinski definition) is 2. The summed E-state index contributed by atoms with van der Waals surface area (Å²) in [5, 5.41) is 1.13. The molecule has 0 aromatic carbocycles. The molecule has 90 valence electrons. The van der Waals surface area contributed by atoms with Gasteiger partial charge in [-0.05, 0) is 45.2 Å². The number of ether oxygens (including phenoxy) is 1. The molecule has 1 aliphatic rings. The Balaban J connectivity index is 2.10. The normalized spacial score (nSPS) is 17.0. The van der Waals surface area contributed by atoms with Crippen LogP contribution < -0.4 is 0 Å². The maximum atomic E-state index is 5.08. The maximum absolute atomic E-state index is 5.08. The third kappa shape index (κ3) is 5.32. The molecule has 0 heterocycles. The topological polar surface area (TPSA) is 12.5 Å². The molecule has 1 fully saturated rings. The highest BCUT2D eigenvalue weighted by Gasteiger charge is 2.23. The van der Waals surface area contributed by atoms with E-state index in [-0.39, 0.29) is 0 Å². The van der Waals surface area contributed by atoms with Crippen LogP contribution in [0, 0.1) is 0 Å². The van der Waals surface area contributed by atoms with Crippen molar-refractivity contribution >= 4 is 15.9 Å². The van der Waals surface area contributed by atoms with Crippen LogP contribution in [-0.4, -0.2) is 43.1 Å². The number of alkyl halides is 1. The fourth-order valence-electron chi connectivity index (χ4n) is 2.05. The van der Waals surface area contributed by atoms with Gasteiger partial charge in [-0.25, -0.2) is 0 Å². The highest BCUT2D eigenvalue weighted by atomic mass is 79.9. The van der Waals surface area contributed by atoms with E-state index in [1.165, 1.54) is 51.6 Å². The molecular weight excluding hydrogens is 254 g/mol. The molecule has 0 saturated heterocycles. The second-order valence-corrected chi connectivity index (χ2v) is 5.16. The first-order valence-electron chi connectivity index (χ1n) is 6.17. The van der Waals surface area contributed by atoms with Crippen LogP contribution in [0.4, 0.5) is 0 Å². The fourth-order valence-corrected chi connectivity index (χ4v) is 2.30. The summed E-state index contributed by atoms with van der Waals surface area (Å²) in [7, 11) is 1.79. The molecule has 0 atom stereocenters. The van der Waals surface area contributed by atoms with Gasteiger partial charge in [0.2, 0.25) is 0 Å². The Hall–Kier alpha value is 0.400. The first-order chi connectivity index (χ1) is 7.38. The third-order valence-corrected chi connectivity index (χ3v) is 3.77. The number of halogens is 1. The van der Waals surface area contributed by atoms with Gasteiger partial charge in [0, 0.05) is 25.1 Å². The van der Waals surface area contributed by atoms with E-state index in [1.54, 1.807) is 7.11 Å². The van der Waals surface area contributed by atoms with Gasteiger partial charge in [0.25, 0.3) is 0 Å². The molecule has 0 amide bonds. The van der Waals surface area contributed by atoms with E-state index < -0.39 is 0 Å². The summed E-state index contributed by atoms with van der Waals surface area (Å²) in [6.07, 6.45) is 8.05. The SMILES string of the molecule is COCCCCN(CCCBr)C1CCC1. The van der Waals surface area contributed by atoms with Crippen molar-refractivity contribution in [2.24, 2.45) is 0 Å². The molecule has 1 saturated carbocycles. The Morgan fingerprint density at radius 1 is 1.20 bits per heavy atom. The van der Waals surface area contributed by atoms with Crippen LogP contribution in [0.3, 0.4) is 0 Å². The number of hydrogen-bond donors (Lipinski definition) is 0. The average Bonchev–Trinajstić information content (AvgIpc) is 2.17. The van der Waals surface area contributed by atoms with E-state index in [0.29, 0.717) is 0 Å². The van der Waals surface area contributed by atoms with E-state index in [2.05, 4.69) is 20.8 Å². The molecule has 1 rings (SSSR count). The van der Waals surface area contributed by atoms with Gasteiger partial charge in [-0.1, -0.05) is 22.4 Å². The summed E-state index contributed by atoms with van der Waals surface area (Å²) in [4.78, 5) is 2.68. The second-order valence-electron chi connectivity index (χ2n) is 4.36. The van der Waals surface area contributed by atoms with Crippen molar-refractivity contribution in [3.63, 3.8) is 0 Å². The lowest BCUT2D eigenvalue weighted by Crippen LogP contribution is -2.41. The predicted octanol–water partition coefficient (Wildman–Crippen LogP) is 3.05. The van der Waals surface area contributed by atoms with Crippen molar-refractivity contribution in [3.05, 3.63) is 0 Å². The number of unbranched alkanes of at least 4 members (excludes halogenated alkanes) is 1. The molecule has 0 bridgehead atoms. The van der Waals surface area contributed by atoms with Crippen LogP contribution in [-0.2, 0) is 4.74 Å². The second kappa shape index (κ2) is 8.54. The lowest BCUT2D eigenvalue weighted by atomic mass is 9.91. The molecule has 0 aliphatic heterocycles. The molecule has 2 nitrogen and oxygen atoms in total. The van der Waals surface area contributed by atoms with E-state index in [9.17, 15) is 0 Å². The summed E-state index contributed by atoms with van der Waals surface area (Å²) >= 11 is 3.51. The van der Waals surface area contributed by atoms with Crippen LogP contribution in [0.15, 0.2) is 0 Å². The number of rotatable bonds is 9. The molecule has 1 aliphatic carbocycles. The Morgan fingerprint density at radius 3 is 2.47 bits per heavy atom. The fraction of sp³-hybridized carbons (Fsp3) is 1.00. The van der Waals surface area contributed by atoms with Crippen molar-refractivity contribution in [3.8, 4) is 0 Å². The Kier molecular flexibility index (Phi) is 7.67. The van der Waals surface area contributed by atoms with Crippen molar-refractivity contribution in [2.45, 2.75) is 44.6 Å². The summed E-state index contributed by atoms with van der Waals surface area (Å²) in [5.74, 6) is 0. The molecule has 0 aromatic heterocycles. The Bertz CT molecular complexity index is 151. The standard InChI is InChI=1S/C12H24BrNO/c1-15-11-3-2-9-14(10-5-8-13)12-6-4-7-12/h12H,2-11H2,1H3. The summed E-state index contributed by atoms with van der Waals surface area (Å²) in [5.41, 5.74) is 0. The minimum atomic E-state index is 0.895. The van der Waals surface area contributed by atoms with E-state index in [4.69, 9.17) is 4.74 Å². The van der Waals surface area contributed by atoms with Gasteiger partial charge in [-0.2, -0.15) is 0 Å².